The van der Waals surface area contributed by atoms with Crippen molar-refractivity contribution in [3.63, 3.8) is 0 Å². The largest absolute Gasteiger partial charge is 0.465 e. The Balaban J connectivity index is 1.83. The predicted octanol–water partition coefficient (Wildman–Crippen LogP) is 0.983. The Morgan fingerprint density at radius 2 is 1.73 bits per heavy atom. The molecule has 0 bridgehead atoms. The second-order valence-electron chi connectivity index (χ2n) is 7.75. The number of fused-ring (bicyclic) bond motifs is 1. The fraction of sp³-hybridized carbons (Fsp3) is 0.333. The van der Waals surface area contributed by atoms with Crippen LogP contribution in [0.4, 0.5) is 0 Å². The number of nitrogens with one attached hydrogen (secondary N) is 2. The van der Waals surface area contributed by atoms with E-state index < -0.39 is 35.7 Å². The molecule has 1 aliphatic rings. The lowest BCUT2D eigenvalue weighted by molar-refractivity contribution is -0.150. The smallest absolute Gasteiger partial charge is 0.325 e. The van der Waals surface area contributed by atoms with Crippen molar-refractivity contribution in [3.05, 3.63) is 71.3 Å². The van der Waals surface area contributed by atoms with Crippen LogP contribution in [-0.2, 0) is 43.3 Å². The van der Waals surface area contributed by atoms with E-state index in [2.05, 4.69) is 5.32 Å². The maximum Gasteiger partial charge on any atom is 0.325 e. The Morgan fingerprint density at radius 1 is 1.06 bits per heavy atom. The normalized spacial score (nSPS) is 16.2. The van der Waals surface area contributed by atoms with Crippen LogP contribution in [-0.4, -0.2) is 53.0 Å². The average Bonchev–Trinajstić information content (AvgIpc) is 2.94. The van der Waals surface area contributed by atoms with E-state index in [-0.39, 0.29) is 32.5 Å². The quantitative estimate of drug-likeness (QED) is 0.237. The van der Waals surface area contributed by atoms with Gasteiger partial charge in [-0.2, -0.15) is 0 Å². The molecule has 0 aliphatic carbocycles. The van der Waals surface area contributed by atoms with Crippen molar-refractivity contribution < 1.29 is 29.1 Å². The molecule has 0 saturated carbocycles. The molecule has 2 aromatic carbocycles. The summed E-state index contributed by atoms with van der Waals surface area (Å²) < 4.78 is 4.99. The fourth-order valence-corrected chi connectivity index (χ4v) is 3.84. The van der Waals surface area contributed by atoms with Crippen LogP contribution >= 0.6 is 0 Å². The van der Waals surface area contributed by atoms with Gasteiger partial charge in [-0.05, 0) is 30.0 Å². The van der Waals surface area contributed by atoms with E-state index in [1.807, 2.05) is 30.3 Å². The highest BCUT2D eigenvalue weighted by Gasteiger charge is 2.35. The second kappa shape index (κ2) is 11.2. The first-order valence-electron chi connectivity index (χ1n) is 10.7. The van der Waals surface area contributed by atoms with Crippen LogP contribution in [0.5, 0.6) is 0 Å². The number of ether oxygens (including phenoxy) is 1. The molecule has 9 nitrogen and oxygen atoms in total. The lowest BCUT2D eigenvalue weighted by Crippen LogP contribution is -2.52. The molecule has 0 spiro atoms. The Morgan fingerprint density at radius 3 is 2.39 bits per heavy atom. The van der Waals surface area contributed by atoms with E-state index >= 15 is 0 Å². The molecular formula is C24H27N3O6. The molecule has 33 heavy (non-hydrogen) atoms. The second-order valence-corrected chi connectivity index (χ2v) is 7.75. The van der Waals surface area contributed by atoms with Crippen LogP contribution in [0, 0.1) is 5.92 Å². The van der Waals surface area contributed by atoms with Gasteiger partial charge in [-0.3, -0.25) is 24.4 Å². The number of esters is 1. The van der Waals surface area contributed by atoms with Gasteiger partial charge < -0.3 is 15.0 Å². The van der Waals surface area contributed by atoms with Gasteiger partial charge in [0.05, 0.1) is 6.61 Å². The summed E-state index contributed by atoms with van der Waals surface area (Å²) in [6, 6.07) is 15.3. The van der Waals surface area contributed by atoms with Gasteiger partial charge in [0.25, 0.3) is 5.91 Å². The third kappa shape index (κ3) is 6.17. The number of amides is 3. The highest BCUT2D eigenvalue weighted by Crippen LogP contribution is 2.20. The van der Waals surface area contributed by atoms with Gasteiger partial charge in [0.2, 0.25) is 11.8 Å². The van der Waals surface area contributed by atoms with Crippen molar-refractivity contribution in [2.75, 3.05) is 13.2 Å². The van der Waals surface area contributed by atoms with Crippen molar-refractivity contribution in [1.82, 2.24) is 15.7 Å². The highest BCUT2D eigenvalue weighted by atomic mass is 16.5. The Kier molecular flexibility index (Phi) is 8.15. The Hall–Kier alpha value is -3.72. The van der Waals surface area contributed by atoms with Gasteiger partial charge >= 0.3 is 5.97 Å². The predicted molar refractivity (Wildman–Crippen MR) is 118 cm³/mol. The summed E-state index contributed by atoms with van der Waals surface area (Å²) in [5.41, 5.74) is 3.98. The third-order valence-corrected chi connectivity index (χ3v) is 5.48. The number of rotatable bonds is 8. The molecule has 174 valence electrons. The highest BCUT2D eigenvalue weighted by molar-refractivity contribution is 6.02. The first kappa shape index (κ1) is 23.9. The molecule has 0 radical (unpaired) electrons. The minimum absolute atomic E-state index is 0.0447. The van der Waals surface area contributed by atoms with Crippen LogP contribution in [0.2, 0.25) is 0 Å². The third-order valence-electron chi connectivity index (χ3n) is 5.48. The molecular weight excluding hydrogens is 426 g/mol. The number of nitrogens with zero attached hydrogens (tertiary/aromatic N) is 1. The molecule has 1 aliphatic heterocycles. The monoisotopic (exact) mass is 453 g/mol. The van der Waals surface area contributed by atoms with Crippen LogP contribution in [0.1, 0.15) is 23.6 Å². The minimum atomic E-state index is -1.25. The lowest BCUT2D eigenvalue weighted by atomic mass is 9.96. The molecule has 0 aromatic heterocycles. The fourth-order valence-electron chi connectivity index (χ4n) is 3.84. The minimum Gasteiger partial charge on any atom is -0.465 e. The van der Waals surface area contributed by atoms with Crippen LogP contribution in [0.25, 0.3) is 0 Å². The molecule has 2 atom stereocenters. The van der Waals surface area contributed by atoms with Gasteiger partial charge in [0.1, 0.15) is 18.5 Å². The molecule has 9 heteroatoms. The van der Waals surface area contributed by atoms with E-state index in [9.17, 15) is 19.2 Å². The zero-order valence-corrected chi connectivity index (χ0v) is 18.3. The van der Waals surface area contributed by atoms with E-state index in [1.54, 1.807) is 31.2 Å². The maximum atomic E-state index is 13.3. The number of hydroxylamine groups is 1. The Bertz CT molecular complexity index is 1010. The van der Waals surface area contributed by atoms with Crippen molar-refractivity contribution >= 4 is 23.7 Å². The summed E-state index contributed by atoms with van der Waals surface area (Å²) in [6.07, 6.45) is 0.252. The summed E-state index contributed by atoms with van der Waals surface area (Å²) in [6.45, 7) is 1.82. The van der Waals surface area contributed by atoms with E-state index in [1.165, 1.54) is 10.4 Å². The molecule has 3 N–H and O–H groups in total. The first-order chi connectivity index (χ1) is 15.9. The number of benzene rings is 2. The maximum absolute atomic E-state index is 13.3. The topological polar surface area (TPSA) is 125 Å². The number of carbonyl (C=O) groups is 4. The van der Waals surface area contributed by atoms with Gasteiger partial charge in [-0.1, -0.05) is 54.6 Å². The average molecular weight is 453 g/mol. The number of hydrogen-bond donors (Lipinski definition) is 3. The number of hydrogen-bond acceptors (Lipinski definition) is 6. The number of carbonyl (C=O) groups excluding carboxylic acids is 4. The Labute approximate surface area is 191 Å². The van der Waals surface area contributed by atoms with Crippen LogP contribution in [0.3, 0.4) is 0 Å². The summed E-state index contributed by atoms with van der Waals surface area (Å²) in [4.78, 5) is 52.0. The molecule has 1 unspecified atom stereocenters. The molecule has 3 rings (SSSR count). The summed E-state index contributed by atoms with van der Waals surface area (Å²) in [7, 11) is 0. The first-order valence-corrected chi connectivity index (χ1v) is 10.7. The SMILES string of the molecule is CCOC(=O)CN1Cc2ccccc2C[C@@H](NC(=O)C(Cc2ccccc2)C(=O)NO)C1=O. The molecule has 0 fully saturated rings. The lowest BCUT2D eigenvalue weighted by Gasteiger charge is -2.25. The zero-order chi connectivity index (χ0) is 23.8. The summed E-state index contributed by atoms with van der Waals surface area (Å²) >= 11 is 0. The van der Waals surface area contributed by atoms with Crippen molar-refractivity contribution in [1.29, 1.82) is 0 Å². The molecule has 1 heterocycles. The summed E-state index contributed by atoms with van der Waals surface area (Å²) in [5, 5.41) is 11.8. The van der Waals surface area contributed by atoms with Gasteiger partial charge in [0.15, 0.2) is 0 Å². The molecule has 3 amide bonds. The van der Waals surface area contributed by atoms with Crippen molar-refractivity contribution in [2.24, 2.45) is 5.92 Å². The van der Waals surface area contributed by atoms with Crippen molar-refractivity contribution in [2.45, 2.75) is 32.4 Å². The van der Waals surface area contributed by atoms with E-state index in [0.717, 1.165) is 16.7 Å². The van der Waals surface area contributed by atoms with Crippen LogP contribution in [0.15, 0.2) is 54.6 Å². The van der Waals surface area contributed by atoms with E-state index in [4.69, 9.17) is 9.94 Å². The van der Waals surface area contributed by atoms with Crippen molar-refractivity contribution in [3.8, 4) is 0 Å². The van der Waals surface area contributed by atoms with E-state index in [0.29, 0.717) is 0 Å². The molecule has 2 aromatic rings. The summed E-state index contributed by atoms with van der Waals surface area (Å²) in [5.74, 6) is -3.81. The van der Waals surface area contributed by atoms with Gasteiger partial charge in [-0.25, -0.2) is 5.48 Å². The van der Waals surface area contributed by atoms with Gasteiger partial charge in [-0.15, -0.1) is 0 Å². The molecule has 0 saturated heterocycles. The van der Waals surface area contributed by atoms with Gasteiger partial charge in [0, 0.05) is 13.0 Å². The van der Waals surface area contributed by atoms with Crippen LogP contribution < -0.4 is 10.8 Å². The zero-order valence-electron chi connectivity index (χ0n) is 18.3. The standard InChI is InChI=1S/C24H27N3O6/c1-2-33-21(28)15-27-14-18-11-7-6-10-17(18)13-20(24(27)31)25-22(29)19(23(30)26-32)12-16-8-4-3-5-9-16/h3-11,19-20,32H,2,12-15H2,1H3,(H,25,29)(H,26,30)/t19?,20-/m1/s1.